The number of benzene rings is 1. The number of aryl methyl sites for hydroxylation is 2. The molecule has 2 heterocycles. The third-order valence-electron chi connectivity index (χ3n) is 4.51. The molecule has 0 saturated heterocycles. The summed E-state index contributed by atoms with van der Waals surface area (Å²) in [5.41, 5.74) is 3.44. The third kappa shape index (κ3) is 2.79. The molecule has 1 aromatic carbocycles. The Morgan fingerprint density at radius 2 is 2.27 bits per heavy atom. The quantitative estimate of drug-likeness (QED) is 0.686. The maximum atomic E-state index is 12.8. The van der Waals surface area contributed by atoms with Crippen LogP contribution in [-0.2, 0) is 12.8 Å². The number of hydrogen-bond donors (Lipinski definition) is 1. The van der Waals surface area contributed by atoms with Crippen molar-refractivity contribution in [2.24, 2.45) is 4.99 Å². The predicted molar refractivity (Wildman–Crippen MR) is 104 cm³/mol. The van der Waals surface area contributed by atoms with Crippen LogP contribution in [0, 0.1) is 18.3 Å². The van der Waals surface area contributed by atoms with Gasteiger partial charge in [0.15, 0.2) is 0 Å². The van der Waals surface area contributed by atoms with Crippen LogP contribution in [0.3, 0.4) is 0 Å². The number of rotatable bonds is 3. The van der Waals surface area contributed by atoms with Crippen LogP contribution in [0.15, 0.2) is 34.1 Å². The van der Waals surface area contributed by atoms with Crippen LogP contribution in [0.5, 0.6) is 0 Å². The second-order valence-corrected chi connectivity index (χ2v) is 7.70. The second kappa shape index (κ2) is 6.60. The first kappa shape index (κ1) is 16.8. The Morgan fingerprint density at radius 1 is 1.42 bits per heavy atom. The molecule has 2 aromatic heterocycles. The number of H-pyrrole nitrogens is 1. The van der Waals surface area contributed by atoms with Gasteiger partial charge in [-0.2, -0.15) is 5.26 Å². The summed E-state index contributed by atoms with van der Waals surface area (Å²) in [6, 6.07) is 9.35. The number of nitrogens with one attached hydrogen (secondary N) is 1. The molecule has 4 rings (SSSR count). The van der Waals surface area contributed by atoms with Crippen molar-refractivity contribution in [3.05, 3.63) is 66.9 Å². The van der Waals surface area contributed by atoms with Gasteiger partial charge in [0.2, 0.25) is 0 Å². The molecular weight excluding hydrogens is 368 g/mol. The van der Waals surface area contributed by atoms with Crippen LogP contribution in [0.4, 0.5) is 5.00 Å². The van der Waals surface area contributed by atoms with Gasteiger partial charge in [-0.05, 0) is 49.9 Å². The van der Waals surface area contributed by atoms with Gasteiger partial charge in [-0.1, -0.05) is 17.7 Å². The summed E-state index contributed by atoms with van der Waals surface area (Å²) < 4.78 is 1.45. The van der Waals surface area contributed by atoms with Crippen molar-refractivity contribution in [2.45, 2.75) is 26.2 Å². The van der Waals surface area contributed by atoms with E-state index in [1.807, 2.05) is 13.0 Å². The van der Waals surface area contributed by atoms with Gasteiger partial charge in [-0.3, -0.25) is 9.89 Å². The SMILES string of the molecule is Cc1[nH]n(-c2cccc(Cl)c2)c(=O)c1C=Nc1sc2c(c1C#N)CCC2. The van der Waals surface area contributed by atoms with Crippen molar-refractivity contribution in [2.75, 3.05) is 0 Å². The van der Waals surface area contributed by atoms with Crippen molar-refractivity contribution in [3.63, 3.8) is 0 Å². The number of hydrogen-bond acceptors (Lipinski definition) is 4. The van der Waals surface area contributed by atoms with Crippen molar-refractivity contribution >= 4 is 34.2 Å². The molecule has 1 aliphatic carbocycles. The average Bonchev–Trinajstić information content (AvgIpc) is 3.27. The lowest BCUT2D eigenvalue weighted by molar-refractivity contribution is 0.835. The highest BCUT2D eigenvalue weighted by Crippen LogP contribution is 2.40. The smallest absolute Gasteiger partial charge is 0.280 e. The molecule has 0 spiro atoms. The summed E-state index contributed by atoms with van der Waals surface area (Å²) in [5.74, 6) is 0. The molecule has 0 amide bonds. The molecule has 0 radical (unpaired) electrons. The van der Waals surface area contributed by atoms with E-state index in [0.29, 0.717) is 32.5 Å². The highest BCUT2D eigenvalue weighted by molar-refractivity contribution is 7.16. The number of aromatic amines is 1. The molecule has 0 unspecified atom stereocenters. The normalized spacial score (nSPS) is 13.3. The lowest BCUT2D eigenvalue weighted by Gasteiger charge is -2.01. The molecule has 0 fully saturated rings. The Kier molecular flexibility index (Phi) is 4.27. The van der Waals surface area contributed by atoms with Gasteiger partial charge in [0.25, 0.3) is 5.56 Å². The van der Waals surface area contributed by atoms with Gasteiger partial charge >= 0.3 is 0 Å². The summed E-state index contributed by atoms with van der Waals surface area (Å²) >= 11 is 7.57. The molecular formula is C19H15ClN4OS. The highest BCUT2D eigenvalue weighted by atomic mass is 35.5. The van der Waals surface area contributed by atoms with Gasteiger partial charge in [0.1, 0.15) is 11.1 Å². The van der Waals surface area contributed by atoms with Crippen molar-refractivity contribution in [1.29, 1.82) is 5.26 Å². The molecule has 1 N–H and O–H groups in total. The van der Waals surface area contributed by atoms with Crippen molar-refractivity contribution in [1.82, 2.24) is 9.78 Å². The van der Waals surface area contributed by atoms with E-state index in [1.165, 1.54) is 9.56 Å². The zero-order valence-electron chi connectivity index (χ0n) is 14.0. The van der Waals surface area contributed by atoms with Crippen LogP contribution in [0.1, 0.15) is 33.7 Å². The molecule has 0 saturated carbocycles. The van der Waals surface area contributed by atoms with E-state index < -0.39 is 0 Å². The van der Waals surface area contributed by atoms with Crippen LogP contribution >= 0.6 is 22.9 Å². The van der Waals surface area contributed by atoms with E-state index in [0.717, 1.165) is 24.8 Å². The molecule has 130 valence electrons. The van der Waals surface area contributed by atoms with Gasteiger partial charge in [0.05, 0.1) is 16.8 Å². The van der Waals surface area contributed by atoms with E-state index in [2.05, 4.69) is 16.2 Å². The monoisotopic (exact) mass is 382 g/mol. The Hall–Kier alpha value is -2.62. The average molecular weight is 383 g/mol. The molecule has 0 aliphatic heterocycles. The minimum Gasteiger partial charge on any atom is -0.295 e. The summed E-state index contributed by atoms with van der Waals surface area (Å²) in [7, 11) is 0. The Balaban J connectivity index is 1.73. The number of aromatic nitrogens is 2. The van der Waals surface area contributed by atoms with Crippen LogP contribution in [0.25, 0.3) is 5.69 Å². The molecule has 5 nitrogen and oxygen atoms in total. The Bertz CT molecular complexity index is 1130. The van der Waals surface area contributed by atoms with E-state index in [4.69, 9.17) is 11.6 Å². The number of nitriles is 1. The van der Waals surface area contributed by atoms with Crippen LogP contribution in [0.2, 0.25) is 5.02 Å². The molecule has 3 aromatic rings. The van der Waals surface area contributed by atoms with E-state index in [-0.39, 0.29) is 5.56 Å². The maximum Gasteiger partial charge on any atom is 0.280 e. The van der Waals surface area contributed by atoms with Gasteiger partial charge in [-0.15, -0.1) is 11.3 Å². The fourth-order valence-electron chi connectivity index (χ4n) is 3.23. The first-order chi connectivity index (χ1) is 12.6. The summed E-state index contributed by atoms with van der Waals surface area (Å²) in [5, 5.41) is 13.8. The zero-order chi connectivity index (χ0) is 18.3. The fourth-order valence-corrected chi connectivity index (χ4v) is 4.60. The number of fused-ring (bicyclic) bond motifs is 1. The topological polar surface area (TPSA) is 73.9 Å². The minimum atomic E-state index is -0.198. The lowest BCUT2D eigenvalue weighted by atomic mass is 10.1. The molecule has 7 heteroatoms. The fraction of sp³-hybridized carbons (Fsp3) is 0.211. The second-order valence-electron chi connectivity index (χ2n) is 6.18. The molecule has 0 atom stereocenters. The Morgan fingerprint density at radius 3 is 3.04 bits per heavy atom. The minimum absolute atomic E-state index is 0.198. The van der Waals surface area contributed by atoms with Crippen LogP contribution in [-0.4, -0.2) is 16.0 Å². The van der Waals surface area contributed by atoms with Crippen LogP contribution < -0.4 is 5.56 Å². The third-order valence-corrected chi connectivity index (χ3v) is 5.94. The number of aliphatic imine (C=N–C) groups is 1. The first-order valence-corrected chi connectivity index (χ1v) is 9.44. The van der Waals surface area contributed by atoms with Gasteiger partial charge < -0.3 is 0 Å². The van der Waals surface area contributed by atoms with Gasteiger partial charge in [-0.25, -0.2) is 9.67 Å². The number of halogens is 1. The largest absolute Gasteiger partial charge is 0.295 e. The van der Waals surface area contributed by atoms with Crippen molar-refractivity contribution in [3.8, 4) is 11.8 Å². The van der Waals surface area contributed by atoms with E-state index >= 15 is 0 Å². The Labute approximate surface area is 159 Å². The molecule has 1 aliphatic rings. The summed E-state index contributed by atoms with van der Waals surface area (Å²) in [6.45, 7) is 1.82. The van der Waals surface area contributed by atoms with Crippen molar-refractivity contribution < 1.29 is 0 Å². The summed E-state index contributed by atoms with van der Waals surface area (Å²) in [6.07, 6.45) is 4.60. The predicted octanol–water partition coefficient (Wildman–Crippen LogP) is 4.30. The maximum absolute atomic E-state index is 12.8. The van der Waals surface area contributed by atoms with E-state index in [1.54, 1.807) is 35.8 Å². The number of nitrogens with zero attached hydrogens (tertiary/aromatic N) is 3. The lowest BCUT2D eigenvalue weighted by Crippen LogP contribution is -2.17. The highest BCUT2D eigenvalue weighted by Gasteiger charge is 2.21. The summed E-state index contributed by atoms with van der Waals surface area (Å²) in [4.78, 5) is 18.5. The first-order valence-electron chi connectivity index (χ1n) is 8.24. The molecule has 0 bridgehead atoms. The number of thiophene rings is 1. The zero-order valence-corrected chi connectivity index (χ0v) is 15.6. The van der Waals surface area contributed by atoms with Gasteiger partial charge in [0, 0.05) is 21.8 Å². The standard InChI is InChI=1S/C19H15ClN4OS/c1-11-16(19(25)24(23-11)13-5-2-4-12(20)8-13)10-22-18-15(9-21)14-6-3-7-17(14)26-18/h2,4-5,8,10,23H,3,6-7H2,1H3. The molecule has 26 heavy (non-hydrogen) atoms. The van der Waals surface area contributed by atoms with E-state index in [9.17, 15) is 10.1 Å².